The highest BCUT2D eigenvalue weighted by Gasteiger charge is 2.11. The van der Waals surface area contributed by atoms with Crippen LogP contribution in [0.5, 0.6) is 0 Å². The first-order valence-corrected chi connectivity index (χ1v) is 9.22. The molecule has 0 heterocycles. The van der Waals surface area contributed by atoms with E-state index < -0.39 is 0 Å². The van der Waals surface area contributed by atoms with Crippen molar-refractivity contribution in [3.05, 3.63) is 57.1 Å². The van der Waals surface area contributed by atoms with Gasteiger partial charge in [0.25, 0.3) is 5.91 Å². The van der Waals surface area contributed by atoms with Crippen LogP contribution in [0.2, 0.25) is 0 Å². The number of carbonyl (C=O) groups excluding carboxylic acids is 1. The lowest BCUT2D eigenvalue weighted by molar-refractivity contribution is 0.102. The molecule has 2 nitrogen and oxygen atoms in total. The summed E-state index contributed by atoms with van der Waals surface area (Å²) in [7, 11) is 0. The minimum absolute atomic E-state index is 0.0930. The highest BCUT2D eigenvalue weighted by Crippen LogP contribution is 2.27. The van der Waals surface area contributed by atoms with Gasteiger partial charge in [0, 0.05) is 20.7 Å². The van der Waals surface area contributed by atoms with Crippen molar-refractivity contribution in [3.63, 3.8) is 0 Å². The molecule has 2 rings (SSSR count). The Morgan fingerprint density at radius 3 is 2.05 bits per heavy atom. The molecule has 98 valence electrons. The van der Waals surface area contributed by atoms with Crippen LogP contribution >= 0.6 is 83.7 Å². The third kappa shape index (κ3) is 4.27. The molecule has 2 aromatic rings. The maximum Gasteiger partial charge on any atom is 0.255 e. The average molecular weight is 654 g/mol. The number of hydrogen-bond donors (Lipinski definition) is 1. The van der Waals surface area contributed by atoms with E-state index >= 15 is 0 Å². The third-order valence-corrected chi connectivity index (χ3v) is 5.20. The van der Waals surface area contributed by atoms with Gasteiger partial charge >= 0.3 is 0 Å². The van der Waals surface area contributed by atoms with Gasteiger partial charge in [0.2, 0.25) is 0 Å². The van der Waals surface area contributed by atoms with E-state index in [4.69, 9.17) is 0 Å². The van der Waals surface area contributed by atoms with E-state index in [2.05, 4.69) is 89.0 Å². The molecule has 0 atom stereocenters. The molecule has 0 saturated carbocycles. The molecule has 0 spiro atoms. The zero-order valence-corrected chi connectivity index (χ0v) is 17.4. The molecule has 0 unspecified atom stereocenters. The molecule has 19 heavy (non-hydrogen) atoms. The van der Waals surface area contributed by atoms with Gasteiger partial charge in [0.15, 0.2) is 0 Å². The molecule has 0 bridgehead atoms. The molecule has 1 N–H and O–H groups in total. The molecular weight excluding hydrogens is 647 g/mol. The minimum atomic E-state index is -0.0930. The van der Waals surface area contributed by atoms with E-state index in [0.29, 0.717) is 5.56 Å². The van der Waals surface area contributed by atoms with Crippen molar-refractivity contribution < 1.29 is 4.79 Å². The van der Waals surface area contributed by atoms with Crippen molar-refractivity contribution >= 4 is 95.3 Å². The van der Waals surface area contributed by atoms with Crippen molar-refractivity contribution in [2.24, 2.45) is 0 Å². The van der Waals surface area contributed by atoms with Crippen molar-refractivity contribution in [2.75, 3.05) is 5.32 Å². The van der Waals surface area contributed by atoms with Crippen molar-refractivity contribution in [1.29, 1.82) is 0 Å². The maximum atomic E-state index is 12.2. The van der Waals surface area contributed by atoms with Gasteiger partial charge in [-0.1, -0.05) is 15.9 Å². The zero-order chi connectivity index (χ0) is 14.0. The Bertz CT molecular complexity index is 605. The second-order valence-corrected chi connectivity index (χ2v) is 8.19. The molecule has 1 amide bonds. The van der Waals surface area contributed by atoms with Gasteiger partial charge in [-0.25, -0.2) is 0 Å². The molecule has 0 aliphatic heterocycles. The van der Waals surface area contributed by atoms with Gasteiger partial charge in [0.1, 0.15) is 0 Å². The van der Waals surface area contributed by atoms with Crippen LogP contribution in [0, 0.1) is 10.7 Å². The summed E-state index contributed by atoms with van der Waals surface area (Å²) in [5, 5.41) is 2.97. The fourth-order valence-electron chi connectivity index (χ4n) is 1.45. The van der Waals surface area contributed by atoms with Gasteiger partial charge in [-0.2, -0.15) is 0 Å². The number of carbonyl (C=O) groups is 1. The van der Waals surface area contributed by atoms with E-state index in [0.717, 1.165) is 20.9 Å². The molecule has 0 aliphatic rings. The van der Waals surface area contributed by atoms with Crippen LogP contribution in [0.4, 0.5) is 5.69 Å². The van der Waals surface area contributed by atoms with Crippen LogP contribution in [0.15, 0.2) is 40.9 Å². The quantitative estimate of drug-likeness (QED) is 0.426. The summed E-state index contributed by atoms with van der Waals surface area (Å²) >= 11 is 10.1. The highest BCUT2D eigenvalue weighted by molar-refractivity contribution is 14.1. The molecule has 0 radical (unpaired) electrons. The Morgan fingerprint density at radius 1 is 1.00 bits per heavy atom. The first-order valence-electron chi connectivity index (χ1n) is 5.19. The molecule has 2 aromatic carbocycles. The summed E-state index contributed by atoms with van der Waals surface area (Å²) in [5.74, 6) is -0.0930. The maximum absolute atomic E-state index is 12.2. The Morgan fingerprint density at radius 2 is 1.53 bits per heavy atom. The molecule has 0 aromatic heterocycles. The summed E-state index contributed by atoms with van der Waals surface area (Å²) in [5.41, 5.74) is 1.52. The topological polar surface area (TPSA) is 29.1 Å². The fraction of sp³-hybridized carbons (Fsp3) is 0. The Kier molecular flexibility index (Phi) is 5.90. The van der Waals surface area contributed by atoms with Crippen LogP contribution in [-0.4, -0.2) is 5.91 Å². The molecule has 0 fully saturated rings. The number of halogens is 4. The van der Waals surface area contributed by atoms with Gasteiger partial charge in [-0.05, 0) is 104 Å². The van der Waals surface area contributed by atoms with Crippen LogP contribution < -0.4 is 5.32 Å². The normalized spacial score (nSPS) is 10.3. The predicted molar refractivity (Wildman–Crippen MR) is 107 cm³/mol. The van der Waals surface area contributed by atoms with Crippen LogP contribution in [0.25, 0.3) is 0 Å². The molecule has 0 aliphatic carbocycles. The van der Waals surface area contributed by atoms with Crippen molar-refractivity contribution in [3.8, 4) is 0 Å². The first-order chi connectivity index (χ1) is 8.97. The predicted octanol–water partition coefficient (Wildman–Crippen LogP) is 5.52. The summed E-state index contributed by atoms with van der Waals surface area (Å²) in [6.45, 7) is 0. The lowest BCUT2D eigenvalue weighted by Crippen LogP contribution is -2.13. The third-order valence-electron chi connectivity index (χ3n) is 2.35. The summed E-state index contributed by atoms with van der Waals surface area (Å²) in [4.78, 5) is 12.2. The van der Waals surface area contributed by atoms with Crippen molar-refractivity contribution in [2.45, 2.75) is 0 Å². The average Bonchev–Trinajstić information content (AvgIpc) is 2.34. The second-order valence-electron chi connectivity index (χ2n) is 3.71. The minimum Gasteiger partial charge on any atom is -0.320 e. The SMILES string of the molecule is O=C(Nc1c(I)cc(I)cc1I)c1ccc(Br)cc1. The largest absolute Gasteiger partial charge is 0.320 e. The standard InChI is InChI=1S/C13H7BrI3NO/c14-8-3-1-7(2-4-8)13(19)18-12-10(16)5-9(15)6-11(12)17/h1-6H,(H,18,19). The second kappa shape index (κ2) is 7.03. The lowest BCUT2D eigenvalue weighted by atomic mass is 10.2. The number of rotatable bonds is 2. The Hall–Kier alpha value is 0.580. The van der Waals surface area contributed by atoms with E-state index in [1.165, 1.54) is 0 Å². The lowest BCUT2D eigenvalue weighted by Gasteiger charge is -2.10. The number of amides is 1. The summed E-state index contributed by atoms with van der Waals surface area (Å²) in [6.07, 6.45) is 0. The number of nitrogens with one attached hydrogen (secondary N) is 1. The Labute approximate surface area is 160 Å². The molecule has 6 heteroatoms. The summed E-state index contributed by atoms with van der Waals surface area (Å²) < 4.78 is 4.20. The van der Waals surface area contributed by atoms with E-state index in [9.17, 15) is 4.79 Å². The van der Waals surface area contributed by atoms with Gasteiger partial charge in [0.05, 0.1) is 5.69 Å². The van der Waals surface area contributed by atoms with Gasteiger partial charge in [-0.3, -0.25) is 4.79 Å². The van der Waals surface area contributed by atoms with Crippen molar-refractivity contribution in [1.82, 2.24) is 0 Å². The van der Waals surface area contributed by atoms with E-state index in [-0.39, 0.29) is 5.91 Å². The van der Waals surface area contributed by atoms with Crippen LogP contribution in [0.1, 0.15) is 10.4 Å². The highest BCUT2D eigenvalue weighted by atomic mass is 127. The first kappa shape index (κ1) is 16.0. The molecule has 0 saturated heterocycles. The smallest absolute Gasteiger partial charge is 0.255 e. The summed E-state index contributed by atoms with van der Waals surface area (Å²) in [6, 6.07) is 11.4. The fourth-order valence-corrected chi connectivity index (χ4v) is 5.57. The Balaban J connectivity index is 2.26. The van der Waals surface area contributed by atoms with E-state index in [1.807, 2.05) is 24.3 Å². The zero-order valence-electron chi connectivity index (χ0n) is 9.38. The van der Waals surface area contributed by atoms with Gasteiger partial charge in [-0.15, -0.1) is 0 Å². The number of benzene rings is 2. The monoisotopic (exact) mass is 653 g/mol. The van der Waals surface area contributed by atoms with Crippen LogP contribution in [-0.2, 0) is 0 Å². The number of anilines is 1. The van der Waals surface area contributed by atoms with Crippen LogP contribution in [0.3, 0.4) is 0 Å². The van der Waals surface area contributed by atoms with Gasteiger partial charge < -0.3 is 5.32 Å². The number of hydrogen-bond acceptors (Lipinski definition) is 1. The molecular formula is C13H7BrI3NO. The van der Waals surface area contributed by atoms with E-state index in [1.54, 1.807) is 12.1 Å².